The van der Waals surface area contributed by atoms with Gasteiger partial charge in [0.15, 0.2) is 5.60 Å². The lowest BCUT2D eigenvalue weighted by molar-refractivity contribution is -0.143. The van der Waals surface area contributed by atoms with E-state index >= 15 is 0 Å². The molecule has 0 fully saturated rings. The Morgan fingerprint density at radius 3 is 1.92 bits per heavy atom. The predicted octanol–water partition coefficient (Wildman–Crippen LogP) is 5.72. The van der Waals surface area contributed by atoms with Crippen molar-refractivity contribution in [2.45, 2.75) is 12.5 Å². The SMILES string of the molecule is C[C@]1(c2ccccc2Cl)OC(=O)C(c2ccccc2)=C1c1ccccc1. The fourth-order valence-electron chi connectivity index (χ4n) is 3.56. The minimum atomic E-state index is -0.956. The highest BCUT2D eigenvalue weighted by Gasteiger charge is 2.47. The van der Waals surface area contributed by atoms with Crippen LogP contribution in [0.4, 0.5) is 0 Å². The molecule has 26 heavy (non-hydrogen) atoms. The number of cyclic esters (lactones) is 1. The third-order valence-corrected chi connectivity index (χ3v) is 5.07. The van der Waals surface area contributed by atoms with Crippen molar-refractivity contribution >= 4 is 28.7 Å². The number of ether oxygens (including phenoxy) is 1. The van der Waals surface area contributed by atoms with E-state index in [1.165, 1.54) is 0 Å². The highest BCUT2D eigenvalue weighted by molar-refractivity contribution is 6.33. The van der Waals surface area contributed by atoms with Crippen LogP contribution in [0.15, 0.2) is 84.9 Å². The molecule has 0 unspecified atom stereocenters. The van der Waals surface area contributed by atoms with Gasteiger partial charge in [0.2, 0.25) is 0 Å². The van der Waals surface area contributed by atoms with Crippen molar-refractivity contribution in [3.05, 3.63) is 107 Å². The molecule has 3 aromatic rings. The Morgan fingerprint density at radius 1 is 0.769 bits per heavy atom. The molecule has 3 aromatic carbocycles. The van der Waals surface area contributed by atoms with Crippen molar-refractivity contribution in [1.29, 1.82) is 0 Å². The first-order valence-corrected chi connectivity index (χ1v) is 8.83. The number of benzene rings is 3. The summed E-state index contributed by atoms with van der Waals surface area (Å²) in [7, 11) is 0. The van der Waals surface area contributed by atoms with E-state index in [4.69, 9.17) is 16.3 Å². The molecule has 0 bridgehead atoms. The standard InChI is InChI=1S/C23H17ClO2/c1-23(18-14-8-9-15-19(18)24)21(17-12-6-3-7-13-17)20(22(25)26-23)16-10-4-2-5-11-16/h2-15H,1H3/t23-/m1/s1. The maximum atomic E-state index is 12.9. The molecular weight excluding hydrogens is 344 g/mol. The molecular formula is C23H17ClO2. The second kappa shape index (κ2) is 6.47. The van der Waals surface area contributed by atoms with Crippen LogP contribution < -0.4 is 0 Å². The zero-order valence-corrected chi connectivity index (χ0v) is 15.0. The molecule has 0 amide bonds. The lowest BCUT2D eigenvalue weighted by Gasteiger charge is -2.28. The molecule has 0 radical (unpaired) electrons. The van der Waals surface area contributed by atoms with Gasteiger partial charge < -0.3 is 4.74 Å². The zero-order chi connectivity index (χ0) is 18.1. The number of halogens is 1. The van der Waals surface area contributed by atoms with Crippen LogP contribution in [-0.4, -0.2) is 5.97 Å². The van der Waals surface area contributed by atoms with Crippen LogP contribution in [0.1, 0.15) is 23.6 Å². The van der Waals surface area contributed by atoms with E-state index in [2.05, 4.69) is 0 Å². The van der Waals surface area contributed by atoms with Gasteiger partial charge in [-0.25, -0.2) is 4.79 Å². The monoisotopic (exact) mass is 360 g/mol. The Hall–Kier alpha value is -2.84. The van der Waals surface area contributed by atoms with Gasteiger partial charge in [0.05, 0.1) is 5.57 Å². The third kappa shape index (κ3) is 2.63. The average molecular weight is 361 g/mol. The van der Waals surface area contributed by atoms with E-state index in [0.717, 1.165) is 22.3 Å². The van der Waals surface area contributed by atoms with Gasteiger partial charge in [0.1, 0.15) is 0 Å². The lowest BCUT2D eigenvalue weighted by Crippen LogP contribution is -2.25. The smallest absolute Gasteiger partial charge is 0.340 e. The fraction of sp³-hybridized carbons (Fsp3) is 0.0870. The van der Waals surface area contributed by atoms with Gasteiger partial charge in [-0.2, -0.15) is 0 Å². The van der Waals surface area contributed by atoms with Crippen LogP contribution >= 0.6 is 11.6 Å². The van der Waals surface area contributed by atoms with E-state index in [1.54, 1.807) is 0 Å². The third-order valence-electron chi connectivity index (χ3n) is 4.74. The normalized spacial score (nSPS) is 19.5. The summed E-state index contributed by atoms with van der Waals surface area (Å²) in [5.74, 6) is -0.336. The maximum absolute atomic E-state index is 12.9. The molecule has 0 N–H and O–H groups in total. The summed E-state index contributed by atoms with van der Waals surface area (Å²) in [6, 6.07) is 27.0. The number of carbonyl (C=O) groups is 1. The van der Waals surface area contributed by atoms with E-state index in [9.17, 15) is 4.79 Å². The van der Waals surface area contributed by atoms with Gasteiger partial charge in [-0.05, 0) is 24.1 Å². The number of esters is 1. The second-order valence-electron chi connectivity index (χ2n) is 6.38. The second-order valence-corrected chi connectivity index (χ2v) is 6.79. The molecule has 0 saturated heterocycles. The molecule has 2 nitrogen and oxygen atoms in total. The van der Waals surface area contributed by atoms with Gasteiger partial charge >= 0.3 is 5.97 Å². The summed E-state index contributed by atoms with van der Waals surface area (Å²) >= 11 is 6.47. The molecule has 3 heteroatoms. The Labute approximate surface area is 157 Å². The highest BCUT2D eigenvalue weighted by Crippen LogP contribution is 2.51. The predicted molar refractivity (Wildman–Crippen MR) is 105 cm³/mol. The van der Waals surface area contributed by atoms with Crippen LogP contribution in [0.5, 0.6) is 0 Å². The van der Waals surface area contributed by atoms with E-state index < -0.39 is 5.60 Å². The van der Waals surface area contributed by atoms with Crippen molar-refractivity contribution in [3.8, 4) is 0 Å². The van der Waals surface area contributed by atoms with Gasteiger partial charge in [-0.1, -0.05) is 90.5 Å². The van der Waals surface area contributed by atoms with Gasteiger partial charge in [0.25, 0.3) is 0 Å². The first kappa shape index (κ1) is 16.6. The van der Waals surface area contributed by atoms with E-state index in [0.29, 0.717) is 10.6 Å². The van der Waals surface area contributed by atoms with E-state index in [1.807, 2.05) is 91.9 Å². The Balaban J connectivity index is 2.04. The molecule has 1 aliphatic rings. The summed E-state index contributed by atoms with van der Waals surface area (Å²) in [6.07, 6.45) is 0. The van der Waals surface area contributed by atoms with Crippen LogP contribution in [-0.2, 0) is 15.1 Å². The number of rotatable bonds is 3. The summed E-state index contributed by atoms with van der Waals surface area (Å²) < 4.78 is 5.95. The van der Waals surface area contributed by atoms with Gasteiger partial charge in [-0.15, -0.1) is 0 Å². The number of carbonyl (C=O) groups excluding carboxylic acids is 1. The van der Waals surface area contributed by atoms with Crippen LogP contribution in [0.3, 0.4) is 0 Å². The molecule has 0 aromatic heterocycles. The molecule has 1 aliphatic heterocycles. The van der Waals surface area contributed by atoms with Crippen molar-refractivity contribution < 1.29 is 9.53 Å². The average Bonchev–Trinajstić information content (AvgIpc) is 2.94. The maximum Gasteiger partial charge on any atom is 0.340 e. The fourth-order valence-corrected chi connectivity index (χ4v) is 3.87. The first-order valence-electron chi connectivity index (χ1n) is 8.45. The largest absolute Gasteiger partial charge is 0.446 e. The first-order chi connectivity index (χ1) is 12.6. The van der Waals surface area contributed by atoms with Gasteiger partial charge in [0, 0.05) is 16.2 Å². The molecule has 0 saturated carbocycles. The molecule has 1 atom stereocenters. The van der Waals surface area contributed by atoms with Gasteiger partial charge in [-0.3, -0.25) is 0 Å². The number of hydrogen-bond acceptors (Lipinski definition) is 2. The van der Waals surface area contributed by atoms with Crippen molar-refractivity contribution in [1.82, 2.24) is 0 Å². The lowest BCUT2D eigenvalue weighted by atomic mass is 9.81. The Morgan fingerprint density at radius 2 is 1.31 bits per heavy atom. The molecule has 128 valence electrons. The quantitative estimate of drug-likeness (QED) is 0.558. The summed E-state index contributed by atoms with van der Waals surface area (Å²) in [4.78, 5) is 12.9. The zero-order valence-electron chi connectivity index (χ0n) is 14.3. The minimum absolute atomic E-state index is 0.336. The minimum Gasteiger partial charge on any atom is -0.446 e. The number of hydrogen-bond donors (Lipinski definition) is 0. The molecule has 4 rings (SSSR count). The summed E-state index contributed by atoms with van der Waals surface area (Å²) in [5.41, 5.74) is 3.02. The highest BCUT2D eigenvalue weighted by atomic mass is 35.5. The van der Waals surface area contributed by atoms with Crippen LogP contribution in [0, 0.1) is 0 Å². The summed E-state index contributed by atoms with van der Waals surface area (Å²) in [6.45, 7) is 1.91. The molecule has 0 aliphatic carbocycles. The van der Waals surface area contributed by atoms with E-state index in [-0.39, 0.29) is 5.97 Å². The van der Waals surface area contributed by atoms with Crippen LogP contribution in [0.2, 0.25) is 5.02 Å². The molecule has 0 spiro atoms. The van der Waals surface area contributed by atoms with Crippen molar-refractivity contribution in [2.24, 2.45) is 0 Å². The summed E-state index contributed by atoms with van der Waals surface area (Å²) in [5, 5.41) is 0.575. The Bertz CT molecular complexity index is 993. The van der Waals surface area contributed by atoms with Crippen LogP contribution in [0.25, 0.3) is 11.1 Å². The molecule has 1 heterocycles. The van der Waals surface area contributed by atoms with Crippen molar-refractivity contribution in [2.75, 3.05) is 0 Å². The Kier molecular flexibility index (Phi) is 4.14. The van der Waals surface area contributed by atoms with Crippen molar-refractivity contribution in [3.63, 3.8) is 0 Å². The topological polar surface area (TPSA) is 26.3 Å².